The second kappa shape index (κ2) is 7.27. The highest BCUT2D eigenvalue weighted by molar-refractivity contribution is 7.91. The van der Waals surface area contributed by atoms with Gasteiger partial charge in [0, 0.05) is 11.6 Å². The summed E-state index contributed by atoms with van der Waals surface area (Å²) in [5.74, 6) is 0.828. The molecule has 1 aromatic rings. The van der Waals surface area contributed by atoms with Crippen LogP contribution in [-0.2, 0) is 21.1 Å². The molecule has 0 spiro atoms. The Hall–Kier alpha value is -1.07. The molecule has 1 saturated heterocycles. The number of hydrogen-bond acceptors (Lipinski definition) is 3. The first kappa shape index (κ1) is 16.3. The number of sulfone groups is 1. The lowest BCUT2D eigenvalue weighted by atomic mass is 10.0. The van der Waals surface area contributed by atoms with Crippen LogP contribution in [-0.4, -0.2) is 32.4 Å². The lowest BCUT2D eigenvalue weighted by Gasteiger charge is -2.09. The molecule has 0 aliphatic carbocycles. The van der Waals surface area contributed by atoms with Gasteiger partial charge in [0.1, 0.15) is 0 Å². The van der Waals surface area contributed by atoms with Crippen LogP contribution in [0.4, 0.5) is 0 Å². The van der Waals surface area contributed by atoms with E-state index < -0.39 is 9.84 Å². The Bertz CT molecular complexity index is 601. The van der Waals surface area contributed by atoms with E-state index in [1.807, 2.05) is 18.2 Å². The molecule has 0 bridgehead atoms. The van der Waals surface area contributed by atoms with Crippen LogP contribution in [0.2, 0.25) is 5.02 Å². The minimum atomic E-state index is -2.80. The topological polar surface area (TPSA) is 63.2 Å². The van der Waals surface area contributed by atoms with Gasteiger partial charge in [0.25, 0.3) is 0 Å². The molecule has 21 heavy (non-hydrogen) atoms. The van der Waals surface area contributed by atoms with Gasteiger partial charge in [-0.15, -0.1) is 0 Å². The van der Waals surface area contributed by atoms with Gasteiger partial charge in [-0.25, -0.2) is 8.42 Å². The molecule has 1 unspecified atom stereocenters. The number of rotatable bonds is 6. The maximum atomic E-state index is 11.8. The van der Waals surface area contributed by atoms with Crippen LogP contribution in [0.5, 0.6) is 0 Å². The molecular weight excluding hydrogens is 310 g/mol. The fourth-order valence-electron chi connectivity index (χ4n) is 2.60. The zero-order valence-corrected chi connectivity index (χ0v) is 13.4. The summed E-state index contributed by atoms with van der Waals surface area (Å²) >= 11 is 6.01. The zero-order chi connectivity index (χ0) is 15.3. The van der Waals surface area contributed by atoms with E-state index >= 15 is 0 Å². The van der Waals surface area contributed by atoms with Gasteiger partial charge in [-0.05, 0) is 36.8 Å². The highest BCUT2D eigenvalue weighted by Gasteiger charge is 2.27. The summed E-state index contributed by atoms with van der Waals surface area (Å²) in [6, 6.07) is 7.30. The predicted molar refractivity (Wildman–Crippen MR) is 84.2 cm³/mol. The van der Waals surface area contributed by atoms with Crippen molar-refractivity contribution in [2.24, 2.45) is 5.92 Å². The quantitative estimate of drug-likeness (QED) is 0.814. The SMILES string of the molecule is O=C(Cc1ccccc1Cl)NCCCC1CCS(=O)(=O)C1. The van der Waals surface area contributed by atoms with E-state index in [2.05, 4.69) is 5.32 Å². The molecule has 1 atom stereocenters. The van der Waals surface area contributed by atoms with Crippen LogP contribution in [0.15, 0.2) is 24.3 Å². The largest absolute Gasteiger partial charge is 0.356 e. The van der Waals surface area contributed by atoms with E-state index in [1.165, 1.54) is 0 Å². The highest BCUT2D eigenvalue weighted by Crippen LogP contribution is 2.22. The maximum Gasteiger partial charge on any atom is 0.224 e. The van der Waals surface area contributed by atoms with E-state index in [1.54, 1.807) is 6.07 Å². The van der Waals surface area contributed by atoms with Crippen molar-refractivity contribution in [3.05, 3.63) is 34.9 Å². The zero-order valence-electron chi connectivity index (χ0n) is 11.8. The molecule has 1 aliphatic rings. The molecule has 1 amide bonds. The number of halogens is 1. The van der Waals surface area contributed by atoms with Crippen LogP contribution < -0.4 is 5.32 Å². The second-order valence-electron chi connectivity index (χ2n) is 5.53. The summed E-state index contributed by atoms with van der Waals surface area (Å²) in [4.78, 5) is 11.8. The first-order chi connectivity index (χ1) is 9.96. The van der Waals surface area contributed by atoms with Crippen molar-refractivity contribution in [1.29, 1.82) is 0 Å². The monoisotopic (exact) mass is 329 g/mol. The number of carbonyl (C=O) groups excluding carboxylic acids is 1. The van der Waals surface area contributed by atoms with Crippen molar-refractivity contribution >= 4 is 27.3 Å². The summed E-state index contributed by atoms with van der Waals surface area (Å²) in [6.45, 7) is 0.583. The van der Waals surface area contributed by atoms with Crippen molar-refractivity contribution in [3.63, 3.8) is 0 Å². The molecule has 116 valence electrons. The number of carbonyl (C=O) groups is 1. The molecule has 6 heteroatoms. The van der Waals surface area contributed by atoms with Crippen LogP contribution in [0.1, 0.15) is 24.8 Å². The Morgan fingerprint density at radius 3 is 2.76 bits per heavy atom. The van der Waals surface area contributed by atoms with Crippen molar-refractivity contribution in [2.75, 3.05) is 18.1 Å². The summed E-state index contributed by atoms with van der Waals surface area (Å²) in [6.07, 6.45) is 2.70. The average molecular weight is 330 g/mol. The lowest BCUT2D eigenvalue weighted by molar-refractivity contribution is -0.120. The van der Waals surface area contributed by atoms with Crippen molar-refractivity contribution in [1.82, 2.24) is 5.32 Å². The average Bonchev–Trinajstić information content (AvgIpc) is 2.77. The number of benzene rings is 1. The minimum absolute atomic E-state index is 0.0536. The molecule has 0 saturated carbocycles. The minimum Gasteiger partial charge on any atom is -0.356 e. The first-order valence-electron chi connectivity index (χ1n) is 7.17. The predicted octanol–water partition coefficient (Wildman–Crippen LogP) is 2.21. The van der Waals surface area contributed by atoms with E-state index in [4.69, 9.17) is 11.6 Å². The van der Waals surface area contributed by atoms with Gasteiger partial charge in [-0.2, -0.15) is 0 Å². The molecule has 1 heterocycles. The summed E-state index contributed by atoms with van der Waals surface area (Å²) < 4.78 is 22.7. The molecule has 1 aromatic carbocycles. The maximum absolute atomic E-state index is 11.8. The molecule has 1 aliphatic heterocycles. The Morgan fingerprint density at radius 2 is 2.10 bits per heavy atom. The van der Waals surface area contributed by atoms with Crippen LogP contribution in [0.3, 0.4) is 0 Å². The second-order valence-corrected chi connectivity index (χ2v) is 8.17. The Balaban J connectivity index is 1.65. The smallest absolute Gasteiger partial charge is 0.224 e. The molecule has 0 aromatic heterocycles. The highest BCUT2D eigenvalue weighted by atomic mass is 35.5. The van der Waals surface area contributed by atoms with Gasteiger partial charge in [0.05, 0.1) is 17.9 Å². The number of amides is 1. The fourth-order valence-corrected chi connectivity index (χ4v) is 4.71. The van der Waals surface area contributed by atoms with Crippen molar-refractivity contribution < 1.29 is 13.2 Å². The molecule has 1 fully saturated rings. The molecule has 4 nitrogen and oxygen atoms in total. The Labute approximate surface area is 130 Å². The van der Waals surface area contributed by atoms with Crippen LogP contribution in [0, 0.1) is 5.92 Å². The summed E-state index contributed by atoms with van der Waals surface area (Å²) in [7, 11) is -2.80. The van der Waals surface area contributed by atoms with Gasteiger partial charge < -0.3 is 5.32 Å². The third-order valence-corrected chi connectivity index (χ3v) is 5.95. The van der Waals surface area contributed by atoms with Gasteiger partial charge in [-0.3, -0.25) is 4.79 Å². The van der Waals surface area contributed by atoms with Gasteiger partial charge in [0.2, 0.25) is 5.91 Å². The van der Waals surface area contributed by atoms with Crippen molar-refractivity contribution in [2.45, 2.75) is 25.7 Å². The third kappa shape index (κ3) is 5.32. The van der Waals surface area contributed by atoms with E-state index in [0.29, 0.717) is 23.1 Å². The molecular formula is C15H20ClNO3S. The van der Waals surface area contributed by atoms with E-state index in [9.17, 15) is 13.2 Å². The Kier molecular flexibility index (Phi) is 5.65. The lowest BCUT2D eigenvalue weighted by Crippen LogP contribution is -2.26. The standard InChI is InChI=1S/C15H20ClNO3S/c16-14-6-2-1-5-13(14)10-15(18)17-8-3-4-12-7-9-21(19,20)11-12/h1-2,5-6,12H,3-4,7-11H2,(H,17,18). The first-order valence-corrected chi connectivity index (χ1v) is 9.37. The molecule has 1 N–H and O–H groups in total. The van der Waals surface area contributed by atoms with Gasteiger partial charge >= 0.3 is 0 Å². The molecule has 2 rings (SSSR count). The van der Waals surface area contributed by atoms with Gasteiger partial charge in [0.15, 0.2) is 9.84 Å². The summed E-state index contributed by atoms with van der Waals surface area (Å²) in [5.41, 5.74) is 0.818. The number of nitrogens with one attached hydrogen (secondary N) is 1. The van der Waals surface area contributed by atoms with Crippen molar-refractivity contribution in [3.8, 4) is 0 Å². The third-order valence-electron chi connectivity index (χ3n) is 3.75. The van der Waals surface area contributed by atoms with Crippen LogP contribution in [0.25, 0.3) is 0 Å². The van der Waals surface area contributed by atoms with Gasteiger partial charge in [-0.1, -0.05) is 29.8 Å². The normalized spacial score (nSPS) is 20.3. The Morgan fingerprint density at radius 1 is 1.33 bits per heavy atom. The molecule has 0 radical (unpaired) electrons. The van der Waals surface area contributed by atoms with Crippen LogP contribution >= 0.6 is 11.6 Å². The number of hydrogen-bond donors (Lipinski definition) is 1. The van der Waals surface area contributed by atoms with E-state index in [0.717, 1.165) is 24.8 Å². The summed E-state index contributed by atoms with van der Waals surface area (Å²) in [5, 5.41) is 3.46. The fraction of sp³-hybridized carbons (Fsp3) is 0.533. The van der Waals surface area contributed by atoms with E-state index in [-0.39, 0.29) is 18.2 Å².